The van der Waals surface area contributed by atoms with Gasteiger partial charge in [0, 0.05) is 5.02 Å². The summed E-state index contributed by atoms with van der Waals surface area (Å²) in [6.45, 7) is 7.41. The number of nitrogens with one attached hydrogen (secondary N) is 2. The van der Waals surface area contributed by atoms with Gasteiger partial charge in [-0.2, -0.15) is 0 Å². The van der Waals surface area contributed by atoms with Gasteiger partial charge < -0.3 is 9.47 Å². The minimum atomic E-state index is -0.773. The summed E-state index contributed by atoms with van der Waals surface area (Å²) in [6, 6.07) is 12.7. The Bertz CT molecular complexity index is 822. The van der Waals surface area contributed by atoms with E-state index in [2.05, 4.69) is 24.7 Å². The van der Waals surface area contributed by atoms with Crippen LogP contribution in [0.5, 0.6) is 11.5 Å². The molecule has 0 fully saturated rings. The van der Waals surface area contributed by atoms with E-state index in [1.54, 1.807) is 25.1 Å². The van der Waals surface area contributed by atoms with Crippen LogP contribution in [-0.4, -0.2) is 24.5 Å². The van der Waals surface area contributed by atoms with Gasteiger partial charge in [-0.1, -0.05) is 37.6 Å². The van der Waals surface area contributed by atoms with Crippen molar-refractivity contribution in [2.75, 3.05) is 6.61 Å². The lowest BCUT2D eigenvalue weighted by Gasteiger charge is -2.16. The molecule has 7 heteroatoms. The fourth-order valence-corrected chi connectivity index (χ4v) is 2.43. The van der Waals surface area contributed by atoms with E-state index in [1.165, 1.54) is 5.56 Å². The SMILES string of the molecule is Cc1cc(OCC(=O)NNC(=O)C(C)Oc2ccc(C(C)C)cc2)ccc1Cl. The number of hydrazine groups is 1. The maximum atomic E-state index is 12.1. The third-order valence-corrected chi connectivity index (χ3v) is 4.48. The quantitative estimate of drug-likeness (QED) is 0.689. The Morgan fingerprint density at radius 2 is 1.64 bits per heavy atom. The van der Waals surface area contributed by atoms with Crippen LogP contribution >= 0.6 is 11.6 Å². The van der Waals surface area contributed by atoms with Crippen molar-refractivity contribution in [3.8, 4) is 11.5 Å². The highest BCUT2D eigenvalue weighted by atomic mass is 35.5. The molecular formula is C21H25ClN2O4. The molecule has 2 rings (SSSR count). The molecule has 0 aliphatic carbocycles. The Balaban J connectivity index is 1.75. The Labute approximate surface area is 170 Å². The van der Waals surface area contributed by atoms with Gasteiger partial charge in [-0.25, -0.2) is 0 Å². The number of benzene rings is 2. The van der Waals surface area contributed by atoms with Crippen molar-refractivity contribution in [3.63, 3.8) is 0 Å². The first-order valence-corrected chi connectivity index (χ1v) is 9.38. The lowest BCUT2D eigenvalue weighted by atomic mass is 10.0. The Morgan fingerprint density at radius 3 is 2.25 bits per heavy atom. The average molecular weight is 405 g/mol. The van der Waals surface area contributed by atoms with E-state index >= 15 is 0 Å². The van der Waals surface area contributed by atoms with Crippen molar-refractivity contribution in [1.82, 2.24) is 10.9 Å². The first-order chi connectivity index (χ1) is 13.3. The van der Waals surface area contributed by atoms with Crippen molar-refractivity contribution in [2.45, 2.75) is 39.7 Å². The molecule has 28 heavy (non-hydrogen) atoms. The highest BCUT2D eigenvalue weighted by Gasteiger charge is 2.16. The summed E-state index contributed by atoms with van der Waals surface area (Å²) in [7, 11) is 0. The highest BCUT2D eigenvalue weighted by molar-refractivity contribution is 6.31. The number of rotatable bonds is 7. The van der Waals surface area contributed by atoms with Crippen LogP contribution in [0.25, 0.3) is 0 Å². The monoisotopic (exact) mass is 404 g/mol. The molecule has 2 N–H and O–H groups in total. The highest BCUT2D eigenvalue weighted by Crippen LogP contribution is 2.21. The molecule has 0 saturated heterocycles. The first-order valence-electron chi connectivity index (χ1n) is 9.00. The number of amides is 2. The summed E-state index contributed by atoms with van der Waals surface area (Å²) in [5, 5.41) is 0.622. The van der Waals surface area contributed by atoms with Crippen LogP contribution in [0.2, 0.25) is 5.02 Å². The zero-order chi connectivity index (χ0) is 20.7. The van der Waals surface area contributed by atoms with Gasteiger partial charge in [-0.15, -0.1) is 0 Å². The molecule has 2 aromatic rings. The van der Waals surface area contributed by atoms with Gasteiger partial charge in [0.25, 0.3) is 11.8 Å². The Hall–Kier alpha value is -2.73. The van der Waals surface area contributed by atoms with E-state index < -0.39 is 17.9 Å². The number of carbonyl (C=O) groups is 2. The van der Waals surface area contributed by atoms with Crippen LogP contribution in [0.1, 0.15) is 37.8 Å². The van der Waals surface area contributed by atoms with Crippen molar-refractivity contribution >= 4 is 23.4 Å². The Morgan fingerprint density at radius 1 is 1.00 bits per heavy atom. The second kappa shape index (κ2) is 9.99. The predicted octanol–water partition coefficient (Wildman–Crippen LogP) is 3.77. The molecule has 150 valence electrons. The molecule has 0 spiro atoms. The number of aryl methyl sites for hydroxylation is 1. The summed E-state index contributed by atoms with van der Waals surface area (Å²) >= 11 is 5.94. The summed E-state index contributed by atoms with van der Waals surface area (Å²) in [5.41, 5.74) is 6.66. The number of hydrogen-bond donors (Lipinski definition) is 2. The average Bonchev–Trinajstić information content (AvgIpc) is 2.67. The summed E-state index contributed by atoms with van der Waals surface area (Å²) in [4.78, 5) is 23.9. The second-order valence-corrected chi connectivity index (χ2v) is 7.13. The molecule has 0 aliphatic heterocycles. The molecule has 0 radical (unpaired) electrons. The molecule has 0 bridgehead atoms. The summed E-state index contributed by atoms with van der Waals surface area (Å²) in [6.07, 6.45) is -0.773. The Kier molecular flexibility index (Phi) is 7.70. The van der Waals surface area contributed by atoms with E-state index in [0.717, 1.165) is 5.56 Å². The van der Waals surface area contributed by atoms with E-state index in [4.69, 9.17) is 21.1 Å². The number of ether oxygens (including phenoxy) is 2. The van der Waals surface area contributed by atoms with Gasteiger partial charge in [0.2, 0.25) is 0 Å². The van der Waals surface area contributed by atoms with Crippen LogP contribution in [0.15, 0.2) is 42.5 Å². The first kappa shape index (κ1) is 21.6. The molecule has 0 heterocycles. The fraction of sp³-hybridized carbons (Fsp3) is 0.333. The van der Waals surface area contributed by atoms with Gasteiger partial charge in [-0.05, 0) is 61.2 Å². The van der Waals surface area contributed by atoms with Crippen molar-refractivity contribution < 1.29 is 19.1 Å². The number of halogens is 1. The fourth-order valence-electron chi connectivity index (χ4n) is 2.31. The zero-order valence-corrected chi connectivity index (χ0v) is 17.2. The normalized spacial score (nSPS) is 11.6. The molecule has 0 aromatic heterocycles. The van der Waals surface area contributed by atoms with E-state index in [0.29, 0.717) is 22.4 Å². The molecule has 6 nitrogen and oxygen atoms in total. The summed E-state index contributed by atoms with van der Waals surface area (Å²) < 4.78 is 11.0. The maximum absolute atomic E-state index is 12.1. The van der Waals surface area contributed by atoms with Gasteiger partial charge >= 0.3 is 0 Å². The van der Waals surface area contributed by atoms with Crippen LogP contribution in [0, 0.1) is 6.92 Å². The van der Waals surface area contributed by atoms with Gasteiger partial charge in [0.1, 0.15) is 11.5 Å². The zero-order valence-electron chi connectivity index (χ0n) is 16.4. The molecule has 0 saturated carbocycles. The maximum Gasteiger partial charge on any atom is 0.279 e. The van der Waals surface area contributed by atoms with Crippen molar-refractivity contribution in [2.24, 2.45) is 0 Å². The standard InChI is InChI=1S/C21H25ClN2O4/c1-13(2)16-5-7-17(8-6-16)28-15(4)21(26)24-23-20(25)12-27-18-9-10-19(22)14(3)11-18/h5-11,13,15H,12H2,1-4H3,(H,23,25)(H,24,26). The second-order valence-electron chi connectivity index (χ2n) is 6.72. The molecule has 1 unspecified atom stereocenters. The van der Waals surface area contributed by atoms with E-state index in [-0.39, 0.29) is 6.61 Å². The largest absolute Gasteiger partial charge is 0.484 e. The van der Waals surface area contributed by atoms with Crippen molar-refractivity contribution in [1.29, 1.82) is 0 Å². The summed E-state index contributed by atoms with van der Waals surface area (Å²) in [5.74, 6) is 0.562. The lowest BCUT2D eigenvalue weighted by molar-refractivity contribution is -0.133. The lowest BCUT2D eigenvalue weighted by Crippen LogP contribution is -2.48. The van der Waals surface area contributed by atoms with Crippen LogP contribution in [0.4, 0.5) is 0 Å². The molecular weight excluding hydrogens is 380 g/mol. The molecule has 1 atom stereocenters. The van der Waals surface area contributed by atoms with Gasteiger partial charge in [0.05, 0.1) is 0 Å². The molecule has 2 aromatic carbocycles. The smallest absolute Gasteiger partial charge is 0.279 e. The number of hydrogen-bond acceptors (Lipinski definition) is 4. The predicted molar refractivity (Wildman–Crippen MR) is 109 cm³/mol. The van der Waals surface area contributed by atoms with E-state index in [1.807, 2.05) is 31.2 Å². The van der Waals surface area contributed by atoms with E-state index in [9.17, 15) is 9.59 Å². The number of carbonyl (C=O) groups excluding carboxylic acids is 2. The molecule has 2 amide bonds. The molecule has 0 aliphatic rings. The van der Waals surface area contributed by atoms with Crippen LogP contribution in [-0.2, 0) is 9.59 Å². The minimum Gasteiger partial charge on any atom is -0.484 e. The van der Waals surface area contributed by atoms with Crippen molar-refractivity contribution in [3.05, 3.63) is 58.6 Å². The van der Waals surface area contributed by atoms with Crippen LogP contribution < -0.4 is 20.3 Å². The minimum absolute atomic E-state index is 0.243. The van der Waals surface area contributed by atoms with Gasteiger partial charge in [0.15, 0.2) is 12.7 Å². The third kappa shape index (κ3) is 6.46. The third-order valence-electron chi connectivity index (χ3n) is 4.05. The van der Waals surface area contributed by atoms with Crippen LogP contribution in [0.3, 0.4) is 0 Å². The topological polar surface area (TPSA) is 76.7 Å². The van der Waals surface area contributed by atoms with Gasteiger partial charge in [-0.3, -0.25) is 20.4 Å².